The van der Waals surface area contributed by atoms with E-state index in [1.54, 1.807) is 0 Å². The fourth-order valence-electron chi connectivity index (χ4n) is 2.20. The fourth-order valence-corrected chi connectivity index (χ4v) is 3.01. The van der Waals surface area contributed by atoms with Gasteiger partial charge in [-0.25, -0.2) is 0 Å². The van der Waals surface area contributed by atoms with Gasteiger partial charge in [-0.1, -0.05) is 25.1 Å². The molecule has 0 fully saturated rings. The smallest absolute Gasteiger partial charge is 0.0841 e. The number of hydrogen-bond donors (Lipinski definition) is 1. The highest BCUT2D eigenvalue weighted by Crippen LogP contribution is 2.17. The zero-order valence-electron chi connectivity index (χ0n) is 12.0. The molecule has 0 saturated carbocycles. The van der Waals surface area contributed by atoms with Crippen LogP contribution < -0.4 is 5.32 Å². The molecule has 0 bridgehead atoms. The molecule has 19 heavy (non-hydrogen) atoms. The molecule has 2 aromatic rings. The van der Waals surface area contributed by atoms with E-state index in [1.165, 1.54) is 28.8 Å². The molecule has 1 heterocycles. The van der Waals surface area contributed by atoms with Gasteiger partial charge in [0.25, 0.3) is 0 Å². The highest BCUT2D eigenvalue weighted by atomic mass is 32.2. The molecule has 0 radical (unpaired) electrons. The average Bonchev–Trinajstić information content (AvgIpc) is 2.74. The van der Waals surface area contributed by atoms with Gasteiger partial charge in [0.05, 0.1) is 11.2 Å². The van der Waals surface area contributed by atoms with Gasteiger partial charge in [-0.3, -0.25) is 4.68 Å². The Balaban J connectivity index is 1.94. The second kappa shape index (κ2) is 6.96. The molecule has 1 N–H and O–H groups in total. The van der Waals surface area contributed by atoms with Crippen LogP contribution in [0.3, 0.4) is 0 Å². The second-order valence-corrected chi connectivity index (χ2v) is 6.25. The number of nitrogens with zero attached hydrogens (tertiary/aromatic N) is 2. The number of aromatic nitrogens is 2. The van der Waals surface area contributed by atoms with Crippen molar-refractivity contribution in [2.75, 3.05) is 11.5 Å². The largest absolute Gasteiger partial charge is 0.309 e. The average molecular weight is 277 g/mol. The summed E-state index contributed by atoms with van der Waals surface area (Å²) in [5.41, 5.74) is 2.35. The Bertz CT molecular complexity index is 521. The topological polar surface area (TPSA) is 29.9 Å². The van der Waals surface area contributed by atoms with Gasteiger partial charge < -0.3 is 5.32 Å². The first-order valence-electron chi connectivity index (χ1n) is 6.94. The van der Waals surface area contributed by atoms with E-state index in [2.05, 4.69) is 48.5 Å². The lowest BCUT2D eigenvalue weighted by Gasteiger charge is -2.12. The SMILES string of the molecule is CCSCCC(C)NCc1nn(C)c2ccccc12. The van der Waals surface area contributed by atoms with E-state index in [0.29, 0.717) is 6.04 Å². The summed E-state index contributed by atoms with van der Waals surface area (Å²) >= 11 is 2.01. The first-order chi connectivity index (χ1) is 9.22. The van der Waals surface area contributed by atoms with Gasteiger partial charge in [-0.2, -0.15) is 16.9 Å². The van der Waals surface area contributed by atoms with E-state index >= 15 is 0 Å². The number of nitrogens with one attached hydrogen (secondary N) is 1. The lowest BCUT2D eigenvalue weighted by atomic mass is 10.2. The molecule has 0 amide bonds. The number of rotatable bonds is 7. The van der Waals surface area contributed by atoms with E-state index in [9.17, 15) is 0 Å². The maximum atomic E-state index is 4.61. The van der Waals surface area contributed by atoms with Crippen molar-refractivity contribution in [3.05, 3.63) is 30.0 Å². The zero-order chi connectivity index (χ0) is 13.7. The van der Waals surface area contributed by atoms with Gasteiger partial charge in [0.1, 0.15) is 0 Å². The van der Waals surface area contributed by atoms with Crippen LogP contribution in [0.4, 0.5) is 0 Å². The molecule has 1 aromatic heterocycles. The fraction of sp³-hybridized carbons (Fsp3) is 0.533. The van der Waals surface area contributed by atoms with Gasteiger partial charge in [-0.15, -0.1) is 0 Å². The van der Waals surface area contributed by atoms with Crippen LogP contribution in [0.2, 0.25) is 0 Å². The van der Waals surface area contributed by atoms with Crippen LogP contribution in [0.5, 0.6) is 0 Å². The molecule has 3 nitrogen and oxygen atoms in total. The maximum Gasteiger partial charge on any atom is 0.0841 e. The number of hydrogen-bond acceptors (Lipinski definition) is 3. The summed E-state index contributed by atoms with van der Waals surface area (Å²) in [4.78, 5) is 0. The van der Waals surface area contributed by atoms with Crippen molar-refractivity contribution in [3.8, 4) is 0 Å². The van der Waals surface area contributed by atoms with Crippen LogP contribution in [0.25, 0.3) is 10.9 Å². The van der Waals surface area contributed by atoms with Crippen LogP contribution in [-0.4, -0.2) is 27.3 Å². The molecule has 2 rings (SSSR count). The maximum absolute atomic E-state index is 4.61. The molecule has 104 valence electrons. The predicted molar refractivity (Wildman–Crippen MR) is 84.6 cm³/mol. The molecule has 4 heteroatoms. The molecule has 0 spiro atoms. The van der Waals surface area contributed by atoms with Gasteiger partial charge in [0.2, 0.25) is 0 Å². The zero-order valence-corrected chi connectivity index (χ0v) is 12.8. The Morgan fingerprint density at radius 2 is 2.16 bits per heavy atom. The lowest BCUT2D eigenvalue weighted by molar-refractivity contribution is 0.530. The van der Waals surface area contributed by atoms with Crippen LogP contribution in [0.1, 0.15) is 26.0 Å². The monoisotopic (exact) mass is 277 g/mol. The molecular weight excluding hydrogens is 254 g/mol. The third-order valence-corrected chi connectivity index (χ3v) is 4.28. The van der Waals surface area contributed by atoms with Crippen LogP contribution >= 0.6 is 11.8 Å². The number of aryl methyl sites for hydroxylation is 1. The summed E-state index contributed by atoms with van der Waals surface area (Å²) in [6.07, 6.45) is 1.21. The van der Waals surface area contributed by atoms with Gasteiger partial charge in [-0.05, 0) is 30.9 Å². The summed E-state index contributed by atoms with van der Waals surface area (Å²) in [7, 11) is 2.01. The Morgan fingerprint density at radius 3 is 2.95 bits per heavy atom. The highest BCUT2D eigenvalue weighted by Gasteiger charge is 2.08. The molecular formula is C15H23N3S. The first-order valence-corrected chi connectivity index (χ1v) is 8.09. The standard InChI is InChI=1S/C15H23N3S/c1-4-19-10-9-12(2)16-11-14-13-7-5-6-8-15(13)18(3)17-14/h5-8,12,16H,4,9-11H2,1-3H3. The Morgan fingerprint density at radius 1 is 1.37 bits per heavy atom. The van der Waals surface area contributed by atoms with Crippen molar-refractivity contribution in [1.82, 2.24) is 15.1 Å². The number of fused-ring (bicyclic) bond motifs is 1. The van der Waals surface area contributed by atoms with E-state index in [-0.39, 0.29) is 0 Å². The number of thioether (sulfide) groups is 1. The van der Waals surface area contributed by atoms with Crippen molar-refractivity contribution in [2.24, 2.45) is 7.05 Å². The second-order valence-electron chi connectivity index (χ2n) is 4.85. The Hall–Kier alpha value is -1.00. The Kier molecular flexibility index (Phi) is 5.28. The van der Waals surface area contributed by atoms with E-state index in [0.717, 1.165) is 12.2 Å². The van der Waals surface area contributed by atoms with Crippen LogP contribution in [-0.2, 0) is 13.6 Å². The van der Waals surface area contributed by atoms with Gasteiger partial charge in [0, 0.05) is 25.0 Å². The molecule has 1 unspecified atom stereocenters. The van der Waals surface area contributed by atoms with Crippen molar-refractivity contribution in [2.45, 2.75) is 32.9 Å². The molecule has 0 aliphatic rings. The van der Waals surface area contributed by atoms with E-state index < -0.39 is 0 Å². The predicted octanol–water partition coefficient (Wildman–Crippen LogP) is 3.19. The molecule has 0 aliphatic heterocycles. The van der Waals surface area contributed by atoms with E-state index in [1.807, 2.05) is 23.5 Å². The third-order valence-electron chi connectivity index (χ3n) is 3.35. The summed E-state index contributed by atoms with van der Waals surface area (Å²) in [6.45, 7) is 5.31. The summed E-state index contributed by atoms with van der Waals surface area (Å²) in [5.74, 6) is 2.44. The van der Waals surface area contributed by atoms with Gasteiger partial charge in [0.15, 0.2) is 0 Å². The molecule has 0 saturated heterocycles. The molecule has 1 atom stereocenters. The highest BCUT2D eigenvalue weighted by molar-refractivity contribution is 7.99. The van der Waals surface area contributed by atoms with Gasteiger partial charge >= 0.3 is 0 Å². The summed E-state index contributed by atoms with van der Waals surface area (Å²) in [6, 6.07) is 8.95. The normalized spacial score (nSPS) is 13.0. The summed E-state index contributed by atoms with van der Waals surface area (Å²) in [5, 5.41) is 9.44. The van der Waals surface area contributed by atoms with Crippen LogP contribution in [0, 0.1) is 0 Å². The van der Waals surface area contributed by atoms with Crippen LogP contribution in [0.15, 0.2) is 24.3 Å². The van der Waals surface area contributed by atoms with E-state index in [4.69, 9.17) is 0 Å². The summed E-state index contributed by atoms with van der Waals surface area (Å²) < 4.78 is 1.96. The number of para-hydroxylation sites is 1. The molecule has 1 aromatic carbocycles. The minimum atomic E-state index is 0.541. The number of benzene rings is 1. The third kappa shape index (κ3) is 3.74. The first kappa shape index (κ1) is 14.4. The minimum Gasteiger partial charge on any atom is -0.309 e. The quantitative estimate of drug-likeness (QED) is 0.788. The van der Waals surface area contributed by atoms with Crippen molar-refractivity contribution in [3.63, 3.8) is 0 Å². The lowest BCUT2D eigenvalue weighted by Crippen LogP contribution is -2.26. The minimum absolute atomic E-state index is 0.541. The van der Waals surface area contributed by atoms with Crippen molar-refractivity contribution in [1.29, 1.82) is 0 Å². The molecule has 0 aliphatic carbocycles. The van der Waals surface area contributed by atoms with Crippen molar-refractivity contribution >= 4 is 22.7 Å². The van der Waals surface area contributed by atoms with Crippen molar-refractivity contribution < 1.29 is 0 Å². The Labute approximate surface area is 119 Å².